The fourth-order valence-corrected chi connectivity index (χ4v) is 2.62. The summed E-state index contributed by atoms with van der Waals surface area (Å²) in [6, 6.07) is 6.27. The Kier molecular flexibility index (Phi) is 7.76. The maximum Gasteiger partial charge on any atom is 0.122 e. The molecular formula is C18H30O3. The molecule has 3 atom stereocenters. The summed E-state index contributed by atoms with van der Waals surface area (Å²) >= 11 is 0. The molecule has 0 aliphatic carbocycles. The third kappa shape index (κ3) is 5.33. The van der Waals surface area contributed by atoms with Gasteiger partial charge in [-0.1, -0.05) is 39.3 Å². The van der Waals surface area contributed by atoms with Gasteiger partial charge in [-0.15, -0.1) is 0 Å². The van der Waals surface area contributed by atoms with Crippen LogP contribution in [0.15, 0.2) is 18.2 Å². The Balaban J connectivity index is 2.86. The van der Waals surface area contributed by atoms with Gasteiger partial charge >= 0.3 is 0 Å². The maximum atomic E-state index is 10.1. The van der Waals surface area contributed by atoms with Gasteiger partial charge in [0, 0.05) is 0 Å². The Bertz CT molecular complexity index is 417. The molecule has 0 aliphatic rings. The smallest absolute Gasteiger partial charge is 0.122 e. The van der Waals surface area contributed by atoms with Crippen molar-refractivity contribution in [2.75, 3.05) is 6.61 Å². The summed E-state index contributed by atoms with van der Waals surface area (Å²) < 4.78 is 5.70. The topological polar surface area (TPSA) is 49.7 Å². The standard InChI is InChI=1S/C18H30O3/c1-5-8-16(19)17(20)11-13(4)15-12-14(6-2)9-10-18(15)21-7-3/h9-10,12-13,16-17,19-20H,5-8,11H2,1-4H3. The number of rotatable bonds is 9. The molecule has 0 radical (unpaired) electrons. The summed E-state index contributed by atoms with van der Waals surface area (Å²) in [5.41, 5.74) is 2.39. The quantitative estimate of drug-likeness (QED) is 0.730. The molecule has 1 aromatic carbocycles. The second-order valence-corrected chi connectivity index (χ2v) is 5.72. The van der Waals surface area contributed by atoms with Crippen LogP contribution in [0.3, 0.4) is 0 Å². The van der Waals surface area contributed by atoms with E-state index < -0.39 is 12.2 Å². The first-order chi connectivity index (χ1) is 10.0. The Morgan fingerprint density at radius 2 is 1.81 bits per heavy atom. The number of aliphatic hydroxyl groups is 2. The molecule has 2 N–H and O–H groups in total. The largest absolute Gasteiger partial charge is 0.494 e. The molecule has 0 spiro atoms. The van der Waals surface area contributed by atoms with Crippen molar-refractivity contribution >= 4 is 0 Å². The van der Waals surface area contributed by atoms with E-state index >= 15 is 0 Å². The van der Waals surface area contributed by atoms with Crippen molar-refractivity contribution in [1.82, 2.24) is 0 Å². The molecule has 0 aliphatic heterocycles. The van der Waals surface area contributed by atoms with Crippen LogP contribution in [0.5, 0.6) is 5.75 Å². The lowest BCUT2D eigenvalue weighted by atomic mass is 9.90. The van der Waals surface area contributed by atoms with E-state index in [4.69, 9.17) is 4.74 Å². The predicted molar refractivity (Wildman–Crippen MR) is 86.9 cm³/mol. The van der Waals surface area contributed by atoms with E-state index in [-0.39, 0.29) is 5.92 Å². The Labute approximate surface area is 129 Å². The molecule has 3 nitrogen and oxygen atoms in total. The predicted octanol–water partition coefficient (Wildman–Crippen LogP) is 3.66. The molecule has 21 heavy (non-hydrogen) atoms. The Morgan fingerprint density at radius 1 is 1.10 bits per heavy atom. The van der Waals surface area contributed by atoms with Crippen LogP contribution in [0.4, 0.5) is 0 Å². The number of ether oxygens (including phenoxy) is 1. The van der Waals surface area contributed by atoms with Crippen LogP contribution in [-0.4, -0.2) is 29.0 Å². The van der Waals surface area contributed by atoms with Crippen LogP contribution in [0.1, 0.15) is 64.0 Å². The molecule has 3 heteroatoms. The van der Waals surface area contributed by atoms with Gasteiger partial charge in [-0.2, -0.15) is 0 Å². The average Bonchev–Trinajstić information content (AvgIpc) is 2.48. The van der Waals surface area contributed by atoms with E-state index in [1.807, 2.05) is 19.9 Å². The van der Waals surface area contributed by atoms with Gasteiger partial charge < -0.3 is 14.9 Å². The number of benzene rings is 1. The van der Waals surface area contributed by atoms with Crippen LogP contribution in [-0.2, 0) is 6.42 Å². The highest BCUT2D eigenvalue weighted by Crippen LogP contribution is 2.31. The van der Waals surface area contributed by atoms with Crippen LogP contribution < -0.4 is 4.74 Å². The van der Waals surface area contributed by atoms with E-state index in [0.29, 0.717) is 19.4 Å². The number of hydrogen-bond acceptors (Lipinski definition) is 3. The third-order valence-electron chi connectivity index (χ3n) is 3.94. The van der Waals surface area contributed by atoms with E-state index in [1.54, 1.807) is 0 Å². The van der Waals surface area contributed by atoms with E-state index in [1.165, 1.54) is 5.56 Å². The molecule has 3 unspecified atom stereocenters. The summed E-state index contributed by atoms with van der Waals surface area (Å²) in [5, 5.41) is 20.0. The fourth-order valence-electron chi connectivity index (χ4n) is 2.62. The maximum absolute atomic E-state index is 10.1. The van der Waals surface area contributed by atoms with Gasteiger partial charge in [0.2, 0.25) is 0 Å². The Hall–Kier alpha value is -1.06. The molecule has 0 aromatic heterocycles. The number of hydrogen-bond donors (Lipinski definition) is 2. The van der Waals surface area contributed by atoms with Gasteiger partial charge in [0.15, 0.2) is 0 Å². The normalized spacial score (nSPS) is 15.5. The lowest BCUT2D eigenvalue weighted by Gasteiger charge is -2.23. The summed E-state index contributed by atoms with van der Waals surface area (Å²) in [7, 11) is 0. The van der Waals surface area contributed by atoms with Crippen molar-refractivity contribution in [1.29, 1.82) is 0 Å². The van der Waals surface area contributed by atoms with Crippen molar-refractivity contribution in [2.45, 2.75) is 71.5 Å². The van der Waals surface area contributed by atoms with Crippen molar-refractivity contribution in [3.63, 3.8) is 0 Å². The molecule has 0 fully saturated rings. The van der Waals surface area contributed by atoms with Crippen molar-refractivity contribution in [2.24, 2.45) is 0 Å². The van der Waals surface area contributed by atoms with Gasteiger partial charge in [-0.25, -0.2) is 0 Å². The van der Waals surface area contributed by atoms with E-state index in [0.717, 1.165) is 24.2 Å². The first kappa shape index (κ1) is 18.0. The van der Waals surface area contributed by atoms with Gasteiger partial charge in [-0.3, -0.25) is 0 Å². The molecule has 0 bridgehead atoms. The summed E-state index contributed by atoms with van der Waals surface area (Å²) in [5.74, 6) is 1.04. The van der Waals surface area contributed by atoms with Crippen LogP contribution >= 0.6 is 0 Å². The second kappa shape index (κ2) is 9.06. The molecular weight excluding hydrogens is 264 g/mol. The summed E-state index contributed by atoms with van der Waals surface area (Å²) in [4.78, 5) is 0. The molecule has 0 saturated heterocycles. The zero-order valence-corrected chi connectivity index (χ0v) is 13.8. The molecule has 120 valence electrons. The minimum atomic E-state index is -0.681. The Morgan fingerprint density at radius 3 is 2.38 bits per heavy atom. The highest BCUT2D eigenvalue weighted by molar-refractivity contribution is 5.39. The van der Waals surface area contributed by atoms with Crippen molar-refractivity contribution in [3.8, 4) is 5.75 Å². The minimum Gasteiger partial charge on any atom is -0.494 e. The monoisotopic (exact) mass is 294 g/mol. The fraction of sp³-hybridized carbons (Fsp3) is 0.667. The number of aryl methyl sites for hydroxylation is 1. The molecule has 0 heterocycles. The van der Waals surface area contributed by atoms with E-state index in [2.05, 4.69) is 26.0 Å². The SMILES string of the molecule is CCCC(O)C(O)CC(C)c1cc(CC)ccc1OCC. The van der Waals surface area contributed by atoms with Crippen molar-refractivity contribution in [3.05, 3.63) is 29.3 Å². The number of aliphatic hydroxyl groups excluding tert-OH is 2. The summed E-state index contributed by atoms with van der Waals surface area (Å²) in [6.07, 6.45) is 1.73. The second-order valence-electron chi connectivity index (χ2n) is 5.72. The van der Waals surface area contributed by atoms with Gasteiger partial charge in [-0.05, 0) is 49.3 Å². The van der Waals surface area contributed by atoms with Gasteiger partial charge in [0.1, 0.15) is 5.75 Å². The lowest BCUT2D eigenvalue weighted by molar-refractivity contribution is 0.00626. The van der Waals surface area contributed by atoms with Crippen LogP contribution in [0.2, 0.25) is 0 Å². The average molecular weight is 294 g/mol. The van der Waals surface area contributed by atoms with Gasteiger partial charge in [0.05, 0.1) is 18.8 Å². The molecule has 0 amide bonds. The molecule has 1 rings (SSSR count). The van der Waals surface area contributed by atoms with Crippen LogP contribution in [0.25, 0.3) is 0 Å². The van der Waals surface area contributed by atoms with Gasteiger partial charge in [0.25, 0.3) is 0 Å². The zero-order valence-electron chi connectivity index (χ0n) is 13.8. The molecule has 1 aromatic rings. The highest BCUT2D eigenvalue weighted by atomic mass is 16.5. The minimum absolute atomic E-state index is 0.152. The summed E-state index contributed by atoms with van der Waals surface area (Å²) in [6.45, 7) is 8.83. The first-order valence-electron chi connectivity index (χ1n) is 8.15. The molecule has 0 saturated carbocycles. The zero-order chi connectivity index (χ0) is 15.8. The van der Waals surface area contributed by atoms with Crippen LogP contribution in [0, 0.1) is 0 Å². The van der Waals surface area contributed by atoms with Crippen molar-refractivity contribution < 1.29 is 14.9 Å². The highest BCUT2D eigenvalue weighted by Gasteiger charge is 2.21. The lowest BCUT2D eigenvalue weighted by Crippen LogP contribution is -2.27. The first-order valence-corrected chi connectivity index (χ1v) is 8.15. The van der Waals surface area contributed by atoms with E-state index in [9.17, 15) is 10.2 Å². The third-order valence-corrected chi connectivity index (χ3v) is 3.94.